The van der Waals surface area contributed by atoms with Gasteiger partial charge in [-0.15, -0.1) is 0 Å². The number of amides is 2. The molecule has 12 bridgehead atoms. The van der Waals surface area contributed by atoms with Crippen molar-refractivity contribution in [3.63, 3.8) is 0 Å². The molecule has 6 aromatic carbocycles. The maximum Gasteiger partial charge on any atom is 0.261 e. The Bertz CT molecular complexity index is 4400. The second-order valence-corrected chi connectivity index (χ2v) is 28.8. The third-order valence-corrected chi connectivity index (χ3v) is 20.1. The van der Waals surface area contributed by atoms with Crippen LogP contribution in [0.25, 0.3) is 53.9 Å². The van der Waals surface area contributed by atoms with E-state index >= 15 is 0 Å². The zero-order valence-electron chi connectivity index (χ0n) is 61.4. The number of nitrogens with one attached hydrogen (secondary N) is 1. The fraction of sp³-hybridized carbons (Fsp3) is 0.550. The molecule has 21 heteroatoms. The Balaban J connectivity index is 0.882. The summed E-state index contributed by atoms with van der Waals surface area (Å²) in [6.45, 7) is 28.5. The molecule has 8 aromatic rings. The molecule has 15 rings (SSSR count). The van der Waals surface area contributed by atoms with E-state index in [4.69, 9.17) is 52.6 Å². The van der Waals surface area contributed by atoms with Gasteiger partial charge >= 0.3 is 0 Å². The molecule has 7 aliphatic heterocycles. The summed E-state index contributed by atoms with van der Waals surface area (Å²) < 4.78 is 60.5. The monoisotopic (exact) mass is 1390 g/mol. The van der Waals surface area contributed by atoms with Crippen molar-refractivity contribution in [2.75, 3.05) is 105 Å². The van der Waals surface area contributed by atoms with E-state index < -0.39 is 23.6 Å². The molecule has 11 unspecified atom stereocenters. The quantitative estimate of drug-likeness (QED) is 0.0677. The molecule has 0 aliphatic carbocycles. The van der Waals surface area contributed by atoms with Crippen LogP contribution in [0.2, 0.25) is 0 Å². The van der Waals surface area contributed by atoms with E-state index in [1.807, 2.05) is 128 Å². The normalized spacial score (nSPS) is 24.1. The van der Waals surface area contributed by atoms with Crippen LogP contribution in [0.3, 0.4) is 0 Å². The Labute approximate surface area is 592 Å². The lowest BCUT2D eigenvalue weighted by molar-refractivity contribution is -0.103. The lowest BCUT2D eigenvalue weighted by atomic mass is 9.81. The van der Waals surface area contributed by atoms with Crippen LogP contribution >= 0.6 is 0 Å². The SMILES string of the molecule is CCCOC(C)COCC1(CC)COCC(C)OCC(C)n2c(O)c3cccc4c(ccc(c2=O)c34)=NC(C)COC(C)COCC(CC)(COCC(C)OCC(C)Nc2ccc3c4c(cccc24)C(=O)N(C)C3=O)CCCC(C)N=c2ccc3c(=O)n(c(O)c4cccc2c43)C(C)COC1. The molecule has 101 heavy (non-hydrogen) atoms. The van der Waals surface area contributed by atoms with Crippen molar-refractivity contribution >= 4 is 71.4 Å². The van der Waals surface area contributed by atoms with Gasteiger partial charge in [0.1, 0.15) is 0 Å². The molecule has 21 nitrogen and oxygen atoms in total. The first-order valence-electron chi connectivity index (χ1n) is 36.3. The number of ether oxygens (including phenoxy) is 9. The minimum absolute atomic E-state index is 0.108. The van der Waals surface area contributed by atoms with Crippen LogP contribution in [0.1, 0.15) is 154 Å². The van der Waals surface area contributed by atoms with Crippen LogP contribution < -0.4 is 27.1 Å². The van der Waals surface area contributed by atoms with Crippen LogP contribution in [0, 0.1) is 10.8 Å². The van der Waals surface area contributed by atoms with E-state index in [0.717, 1.165) is 64.2 Å². The molecule has 7 aliphatic rings. The zero-order chi connectivity index (χ0) is 72.3. The highest BCUT2D eigenvalue weighted by molar-refractivity contribution is 6.26. The Kier molecular flexibility index (Phi) is 25.8. The third kappa shape index (κ3) is 17.5. The summed E-state index contributed by atoms with van der Waals surface area (Å²) >= 11 is 0. The van der Waals surface area contributed by atoms with Crippen LogP contribution in [0.5, 0.6) is 11.8 Å². The van der Waals surface area contributed by atoms with Gasteiger partial charge in [0.05, 0.1) is 139 Å². The number of rotatable bonds is 18. The van der Waals surface area contributed by atoms with Crippen molar-refractivity contribution in [3.8, 4) is 11.8 Å². The number of aromatic hydroxyl groups is 2. The highest BCUT2D eigenvalue weighted by Gasteiger charge is 2.35. The highest BCUT2D eigenvalue weighted by Crippen LogP contribution is 2.37. The number of pyridine rings is 2. The van der Waals surface area contributed by atoms with Crippen molar-refractivity contribution in [2.45, 2.75) is 176 Å². The molecule has 0 radical (unpaired) electrons. The van der Waals surface area contributed by atoms with Gasteiger partial charge in [-0.1, -0.05) is 63.6 Å². The average molecular weight is 1390 g/mol. The summed E-state index contributed by atoms with van der Waals surface area (Å²) in [5.74, 6) is -0.942. The van der Waals surface area contributed by atoms with Crippen LogP contribution in [-0.2, 0) is 42.6 Å². The summed E-state index contributed by atoms with van der Waals surface area (Å²) in [6.07, 6.45) is 3.60. The first kappa shape index (κ1) is 76.2. The van der Waals surface area contributed by atoms with Crippen molar-refractivity contribution < 1.29 is 62.4 Å². The number of carbonyl (C=O) groups is 2. The van der Waals surface area contributed by atoms with Crippen molar-refractivity contribution in [1.82, 2.24) is 14.0 Å². The summed E-state index contributed by atoms with van der Waals surface area (Å²) in [7, 11) is 1.51. The smallest absolute Gasteiger partial charge is 0.261 e. The molecule has 0 fully saturated rings. The average Bonchev–Trinajstić information content (AvgIpc) is 0.755. The largest absolute Gasteiger partial charge is 0.494 e. The second-order valence-electron chi connectivity index (χ2n) is 28.8. The fourth-order valence-corrected chi connectivity index (χ4v) is 14.1. The molecule has 0 saturated carbocycles. The lowest BCUT2D eigenvalue weighted by Gasteiger charge is -2.33. The Morgan fingerprint density at radius 2 is 1.04 bits per heavy atom. The topological polar surface area (TPSA) is 242 Å². The molecule has 9 heterocycles. The summed E-state index contributed by atoms with van der Waals surface area (Å²) in [6, 6.07) is 26.2. The van der Waals surface area contributed by atoms with Gasteiger partial charge in [-0.2, -0.15) is 0 Å². The van der Waals surface area contributed by atoms with Gasteiger partial charge < -0.3 is 58.2 Å². The van der Waals surface area contributed by atoms with E-state index in [-0.39, 0.29) is 110 Å². The molecule has 3 N–H and O–H groups in total. The number of hydrogen-bond acceptors (Lipinski definition) is 18. The van der Waals surface area contributed by atoms with E-state index in [1.165, 1.54) is 16.2 Å². The molecule has 2 aromatic heterocycles. The Morgan fingerprint density at radius 1 is 0.545 bits per heavy atom. The van der Waals surface area contributed by atoms with Gasteiger partial charge in [0.25, 0.3) is 22.9 Å². The van der Waals surface area contributed by atoms with E-state index in [2.05, 4.69) is 33.0 Å². The van der Waals surface area contributed by atoms with Crippen LogP contribution in [0.4, 0.5) is 5.69 Å². The molecular formula is C80H106N6O15. The molecule has 2 amide bonds. The van der Waals surface area contributed by atoms with Gasteiger partial charge in [-0.3, -0.25) is 43.2 Å². The Hall–Kier alpha value is -7.44. The van der Waals surface area contributed by atoms with Gasteiger partial charge in [-0.05, 0) is 149 Å². The summed E-state index contributed by atoms with van der Waals surface area (Å²) in [5, 5.41) is 35.3. The number of imide groups is 1. The lowest BCUT2D eigenvalue weighted by Crippen LogP contribution is -2.39. The number of nitrogens with zero attached hydrogens (tertiary/aromatic N) is 5. The van der Waals surface area contributed by atoms with E-state index in [1.54, 1.807) is 18.2 Å². The first-order valence-corrected chi connectivity index (χ1v) is 36.3. The van der Waals surface area contributed by atoms with Gasteiger partial charge in [0.15, 0.2) is 0 Å². The predicted octanol–water partition coefficient (Wildman–Crippen LogP) is 12.3. The van der Waals surface area contributed by atoms with E-state index in [9.17, 15) is 29.4 Å². The minimum atomic E-state index is -0.611. The number of aromatic nitrogens is 2. The summed E-state index contributed by atoms with van der Waals surface area (Å²) in [4.78, 5) is 66.8. The number of hydrogen-bond donors (Lipinski definition) is 3. The van der Waals surface area contributed by atoms with Gasteiger partial charge in [0.2, 0.25) is 11.8 Å². The summed E-state index contributed by atoms with van der Waals surface area (Å²) in [5.41, 5.74) is 0.138. The Morgan fingerprint density at radius 3 is 1.62 bits per heavy atom. The molecular weight excluding hydrogens is 1280 g/mol. The number of carbonyl (C=O) groups excluding carboxylic acids is 2. The second kappa shape index (κ2) is 34.2. The first-order chi connectivity index (χ1) is 48.5. The molecule has 0 saturated heterocycles. The van der Waals surface area contributed by atoms with E-state index in [0.29, 0.717) is 120 Å². The third-order valence-electron chi connectivity index (χ3n) is 20.1. The minimum Gasteiger partial charge on any atom is -0.494 e. The fourth-order valence-electron chi connectivity index (χ4n) is 14.1. The predicted molar refractivity (Wildman–Crippen MR) is 395 cm³/mol. The highest BCUT2D eigenvalue weighted by atomic mass is 16.6. The standard InChI is InChI=1S/C80H106N6O15/c1-14-35-98-54(9)40-96-47-80(16-3)46-93-38-52(7)85-75(89)62-26-18-23-58-67(32-29-65(71(58)62)77(85)91)81-49(4)21-20-34-79(15-2,44-94-41-55(10)99-36-50(5)82-68-31-28-64-70-59(68)22-17-25-61(70)73(87)84(13)74(64)88)45-95-42-56(11)100-37-51(6)83-69-33-30-66-72-60(69)24-19-27-63(72)76(90)86(78(66)92)53(8)39-101-57(12)43-97-48-80/h17-19,22-33,49-57,82,89-90H,14-16,20-21,34-48H2,1-13H3. The molecule has 546 valence electrons. The maximum atomic E-state index is 14.7. The van der Waals surface area contributed by atoms with Gasteiger partial charge in [0, 0.05) is 107 Å². The maximum absolute atomic E-state index is 14.7. The zero-order valence-corrected chi connectivity index (χ0v) is 61.4. The van der Waals surface area contributed by atoms with Crippen LogP contribution in [0.15, 0.2) is 111 Å². The number of anilines is 1. The van der Waals surface area contributed by atoms with Crippen molar-refractivity contribution in [1.29, 1.82) is 0 Å². The van der Waals surface area contributed by atoms with Crippen LogP contribution in [-0.4, -0.2) is 178 Å². The van der Waals surface area contributed by atoms with Crippen molar-refractivity contribution in [2.24, 2.45) is 20.8 Å². The van der Waals surface area contributed by atoms with Gasteiger partial charge in [-0.25, -0.2) is 0 Å². The van der Waals surface area contributed by atoms with Crippen molar-refractivity contribution in [3.05, 3.63) is 134 Å². The molecule has 0 spiro atoms. The number of benzene rings is 6. The molecule has 11 atom stereocenters.